The Labute approximate surface area is 121 Å². The fraction of sp³-hybridized carbons (Fsp3) is 0.357. The Morgan fingerprint density at radius 2 is 1.84 bits per heavy atom. The lowest BCUT2D eigenvalue weighted by Gasteiger charge is -2.09. The van der Waals surface area contributed by atoms with Gasteiger partial charge in [0.05, 0.1) is 11.4 Å². The van der Waals surface area contributed by atoms with Gasteiger partial charge in [-0.15, -0.1) is 5.10 Å². The fourth-order valence-electron chi connectivity index (χ4n) is 1.75. The van der Waals surface area contributed by atoms with E-state index in [1.807, 2.05) is 32.0 Å². The van der Waals surface area contributed by atoms with Gasteiger partial charge in [-0.25, -0.2) is 0 Å². The van der Waals surface area contributed by atoms with E-state index in [1.54, 1.807) is 0 Å². The number of nitrogens with zero attached hydrogens (tertiary/aromatic N) is 3. The molecule has 100 valence electrons. The Balaban J connectivity index is 2.30. The highest BCUT2D eigenvalue weighted by Crippen LogP contribution is 2.26. The van der Waals surface area contributed by atoms with E-state index in [0.717, 1.165) is 40.0 Å². The van der Waals surface area contributed by atoms with E-state index in [4.69, 9.17) is 4.74 Å². The molecule has 1 aromatic carbocycles. The van der Waals surface area contributed by atoms with E-state index in [0.29, 0.717) is 6.01 Å². The molecule has 2 rings (SSSR count). The minimum Gasteiger partial charge on any atom is -0.423 e. The van der Waals surface area contributed by atoms with E-state index in [-0.39, 0.29) is 0 Å². The van der Waals surface area contributed by atoms with Crippen LogP contribution in [0.1, 0.15) is 30.8 Å². The van der Waals surface area contributed by atoms with E-state index < -0.39 is 0 Å². The smallest absolute Gasteiger partial charge is 0.341 e. The van der Waals surface area contributed by atoms with Crippen LogP contribution in [0.5, 0.6) is 11.8 Å². The van der Waals surface area contributed by atoms with E-state index in [1.165, 1.54) is 0 Å². The summed E-state index contributed by atoms with van der Waals surface area (Å²) in [4.78, 5) is 4.42. The molecule has 0 aliphatic carbocycles. The van der Waals surface area contributed by atoms with Crippen molar-refractivity contribution in [1.82, 2.24) is 15.2 Å². The zero-order chi connectivity index (χ0) is 13.8. The first-order valence-corrected chi connectivity index (χ1v) is 7.09. The predicted octanol–water partition coefficient (Wildman–Crippen LogP) is 3.86. The normalized spacial score (nSPS) is 10.5. The summed E-state index contributed by atoms with van der Waals surface area (Å²) < 4.78 is 6.68. The highest BCUT2D eigenvalue weighted by molar-refractivity contribution is 9.10. The summed E-state index contributed by atoms with van der Waals surface area (Å²) in [5, 5.41) is 8.19. The molecule has 4 nitrogen and oxygen atoms in total. The van der Waals surface area contributed by atoms with Gasteiger partial charge >= 0.3 is 6.01 Å². The van der Waals surface area contributed by atoms with Gasteiger partial charge in [-0.1, -0.05) is 40.9 Å². The van der Waals surface area contributed by atoms with Crippen LogP contribution in [0.2, 0.25) is 0 Å². The monoisotopic (exact) mass is 321 g/mol. The Bertz CT molecular complexity index is 587. The maximum Gasteiger partial charge on any atom is 0.341 e. The second-order valence-electron chi connectivity index (χ2n) is 4.21. The van der Waals surface area contributed by atoms with Gasteiger partial charge in [0.15, 0.2) is 0 Å². The maximum absolute atomic E-state index is 5.72. The molecule has 0 aliphatic heterocycles. The first-order valence-electron chi connectivity index (χ1n) is 6.30. The van der Waals surface area contributed by atoms with Crippen LogP contribution in [0.3, 0.4) is 0 Å². The van der Waals surface area contributed by atoms with Crippen molar-refractivity contribution in [2.45, 2.75) is 33.6 Å². The molecule has 0 saturated heterocycles. The van der Waals surface area contributed by atoms with Crippen molar-refractivity contribution in [3.63, 3.8) is 0 Å². The molecule has 5 heteroatoms. The lowest BCUT2D eigenvalue weighted by molar-refractivity contribution is 0.425. The molecule has 2 aromatic rings. The number of ether oxygens (including phenoxy) is 1. The minimum absolute atomic E-state index is 0.301. The summed E-state index contributed by atoms with van der Waals surface area (Å²) in [5.41, 5.74) is 2.91. The number of hydrogen-bond donors (Lipinski definition) is 0. The third-order valence-electron chi connectivity index (χ3n) is 2.84. The van der Waals surface area contributed by atoms with Gasteiger partial charge < -0.3 is 4.74 Å². The van der Waals surface area contributed by atoms with Crippen LogP contribution in [0.15, 0.2) is 22.7 Å². The number of hydrogen-bond acceptors (Lipinski definition) is 4. The van der Waals surface area contributed by atoms with Crippen molar-refractivity contribution in [3.8, 4) is 11.8 Å². The predicted molar refractivity (Wildman–Crippen MR) is 77.5 cm³/mol. The van der Waals surface area contributed by atoms with Crippen molar-refractivity contribution in [3.05, 3.63) is 39.6 Å². The zero-order valence-electron chi connectivity index (χ0n) is 11.3. The topological polar surface area (TPSA) is 47.9 Å². The zero-order valence-corrected chi connectivity index (χ0v) is 12.9. The first-order chi connectivity index (χ1) is 9.13. The number of halogens is 1. The van der Waals surface area contributed by atoms with Crippen LogP contribution in [0.4, 0.5) is 0 Å². The highest BCUT2D eigenvalue weighted by atomic mass is 79.9. The third kappa shape index (κ3) is 3.29. The molecule has 1 aromatic heterocycles. The van der Waals surface area contributed by atoms with Crippen molar-refractivity contribution in [2.24, 2.45) is 0 Å². The van der Waals surface area contributed by atoms with Gasteiger partial charge in [0, 0.05) is 4.47 Å². The summed E-state index contributed by atoms with van der Waals surface area (Å²) in [6, 6.07) is 6.15. The van der Waals surface area contributed by atoms with Gasteiger partial charge in [0.25, 0.3) is 0 Å². The van der Waals surface area contributed by atoms with Crippen molar-refractivity contribution in [1.29, 1.82) is 0 Å². The SMILES string of the molecule is CCc1nnc(Oc2cc(Br)ccc2C)nc1CC. The van der Waals surface area contributed by atoms with Crippen molar-refractivity contribution >= 4 is 15.9 Å². The van der Waals surface area contributed by atoms with E-state index in [2.05, 4.69) is 38.0 Å². The molecular formula is C14H16BrN3O. The van der Waals surface area contributed by atoms with Gasteiger partial charge in [0.2, 0.25) is 0 Å². The van der Waals surface area contributed by atoms with Crippen molar-refractivity contribution in [2.75, 3.05) is 0 Å². The average Bonchev–Trinajstić information content (AvgIpc) is 2.42. The van der Waals surface area contributed by atoms with Crippen LogP contribution in [0.25, 0.3) is 0 Å². The molecule has 0 unspecified atom stereocenters. The fourth-order valence-corrected chi connectivity index (χ4v) is 2.09. The molecule has 0 fully saturated rings. The largest absolute Gasteiger partial charge is 0.423 e. The Morgan fingerprint density at radius 3 is 2.53 bits per heavy atom. The molecule has 19 heavy (non-hydrogen) atoms. The molecule has 0 radical (unpaired) electrons. The summed E-state index contributed by atoms with van der Waals surface area (Å²) in [5.74, 6) is 0.738. The first kappa shape index (κ1) is 13.9. The van der Waals surface area contributed by atoms with Crippen LogP contribution in [0, 0.1) is 6.92 Å². The van der Waals surface area contributed by atoms with Crippen molar-refractivity contribution < 1.29 is 4.74 Å². The summed E-state index contributed by atoms with van der Waals surface area (Å²) >= 11 is 3.42. The minimum atomic E-state index is 0.301. The van der Waals surface area contributed by atoms with Crippen LogP contribution in [-0.4, -0.2) is 15.2 Å². The molecule has 0 spiro atoms. The number of benzene rings is 1. The summed E-state index contributed by atoms with van der Waals surface area (Å²) in [7, 11) is 0. The van der Waals surface area contributed by atoms with Crippen LogP contribution >= 0.6 is 15.9 Å². The molecule has 0 amide bonds. The van der Waals surface area contributed by atoms with Crippen LogP contribution < -0.4 is 4.74 Å². The molecule has 0 aliphatic rings. The van der Waals surface area contributed by atoms with Gasteiger partial charge in [-0.3, -0.25) is 0 Å². The summed E-state index contributed by atoms with van der Waals surface area (Å²) in [6.45, 7) is 6.08. The quantitative estimate of drug-likeness (QED) is 0.857. The molecule has 0 bridgehead atoms. The van der Waals surface area contributed by atoms with Gasteiger partial charge in [-0.2, -0.15) is 4.98 Å². The second-order valence-corrected chi connectivity index (χ2v) is 5.12. The second kappa shape index (κ2) is 6.10. The highest BCUT2D eigenvalue weighted by Gasteiger charge is 2.09. The number of aromatic nitrogens is 3. The lowest BCUT2D eigenvalue weighted by atomic mass is 10.2. The lowest BCUT2D eigenvalue weighted by Crippen LogP contribution is -2.04. The Kier molecular flexibility index (Phi) is 4.47. The van der Waals surface area contributed by atoms with Gasteiger partial charge in [-0.05, 0) is 37.5 Å². The number of rotatable bonds is 4. The molecule has 0 N–H and O–H groups in total. The van der Waals surface area contributed by atoms with E-state index in [9.17, 15) is 0 Å². The van der Waals surface area contributed by atoms with E-state index >= 15 is 0 Å². The maximum atomic E-state index is 5.72. The standard InChI is InChI=1S/C14H16BrN3O/c1-4-11-12(5-2)17-18-14(16-11)19-13-8-10(15)7-6-9(13)3/h6-8H,4-5H2,1-3H3. The average molecular weight is 322 g/mol. The Hall–Kier alpha value is -1.49. The summed E-state index contributed by atoms with van der Waals surface area (Å²) in [6.07, 6.45) is 1.66. The molecule has 1 heterocycles. The molecule has 0 saturated carbocycles. The molecule has 0 atom stereocenters. The van der Waals surface area contributed by atoms with Crippen LogP contribution in [-0.2, 0) is 12.8 Å². The van der Waals surface area contributed by atoms with Gasteiger partial charge in [0.1, 0.15) is 5.75 Å². The Morgan fingerprint density at radius 1 is 1.11 bits per heavy atom. The number of aryl methyl sites for hydroxylation is 3. The third-order valence-corrected chi connectivity index (χ3v) is 3.33. The molecular weight excluding hydrogens is 306 g/mol.